The van der Waals surface area contributed by atoms with Crippen LogP contribution in [0.4, 0.5) is 5.69 Å². The minimum absolute atomic E-state index is 0.0648. The molecule has 168 valence electrons. The van der Waals surface area contributed by atoms with E-state index in [0.717, 1.165) is 23.2 Å². The molecule has 1 aliphatic rings. The van der Waals surface area contributed by atoms with Crippen LogP contribution in [0.3, 0.4) is 0 Å². The number of rotatable bonds is 7. The normalized spacial score (nSPS) is 15.9. The molecule has 1 unspecified atom stereocenters. The van der Waals surface area contributed by atoms with Gasteiger partial charge in [0.15, 0.2) is 5.17 Å². The molecule has 3 rings (SSSR count). The van der Waals surface area contributed by atoms with Crippen LogP contribution in [0, 0.1) is 6.92 Å². The van der Waals surface area contributed by atoms with Crippen LogP contribution in [0.25, 0.3) is 6.08 Å². The molecule has 32 heavy (non-hydrogen) atoms. The molecule has 1 heterocycles. The molecule has 0 fully saturated rings. The van der Waals surface area contributed by atoms with E-state index in [2.05, 4.69) is 36.3 Å². The average Bonchev–Trinajstić information content (AvgIpc) is 3.08. The van der Waals surface area contributed by atoms with Crippen molar-refractivity contribution in [2.24, 2.45) is 4.99 Å². The van der Waals surface area contributed by atoms with E-state index >= 15 is 0 Å². The maximum Gasteiger partial charge on any atom is 0.283 e. The number of carbonyl (C=O) groups is 2. The summed E-state index contributed by atoms with van der Waals surface area (Å²) >= 11 is 1.28. The monoisotopic (exact) mass is 449 g/mol. The maximum absolute atomic E-state index is 13.3. The Morgan fingerprint density at radius 2 is 1.75 bits per heavy atom. The summed E-state index contributed by atoms with van der Waals surface area (Å²) in [4.78, 5) is 31.8. The van der Waals surface area contributed by atoms with E-state index in [0.29, 0.717) is 16.8 Å². The predicted molar refractivity (Wildman–Crippen MR) is 135 cm³/mol. The van der Waals surface area contributed by atoms with Gasteiger partial charge in [-0.25, -0.2) is 4.99 Å². The van der Waals surface area contributed by atoms with Crippen molar-refractivity contribution in [2.75, 3.05) is 10.7 Å². The quantitative estimate of drug-likeness (QED) is 0.567. The molecule has 0 saturated carbocycles. The molecule has 2 aromatic carbocycles. The fourth-order valence-corrected chi connectivity index (χ4v) is 4.02. The third-order valence-electron chi connectivity index (χ3n) is 5.38. The van der Waals surface area contributed by atoms with E-state index < -0.39 is 0 Å². The number of aliphatic imine (C=N–C) groups is 1. The van der Waals surface area contributed by atoms with Gasteiger partial charge >= 0.3 is 0 Å². The molecule has 0 spiro atoms. The van der Waals surface area contributed by atoms with Gasteiger partial charge in [0.1, 0.15) is 5.70 Å². The summed E-state index contributed by atoms with van der Waals surface area (Å²) in [6, 6.07) is 16.0. The van der Waals surface area contributed by atoms with Crippen molar-refractivity contribution in [1.82, 2.24) is 5.32 Å². The molecule has 5 nitrogen and oxygen atoms in total. The number of nitrogens with zero attached hydrogens (tertiary/aromatic N) is 2. The lowest BCUT2D eigenvalue weighted by molar-refractivity contribution is -0.119. The van der Waals surface area contributed by atoms with E-state index in [1.165, 1.54) is 17.3 Å². The number of thioether (sulfide) groups is 1. The molecule has 0 radical (unpaired) electrons. The molecule has 0 aliphatic carbocycles. The standard InChI is InChI=1S/C26H31N3O2S/c1-6-19(5)27-24(30)16-32-26-28-23(15-20-9-11-21(12-10-20)17(2)3)25(31)29(26)22-13-7-18(4)8-14-22/h7-15,17,19H,6,16H2,1-5H3,(H,27,30). The minimum Gasteiger partial charge on any atom is -0.353 e. The van der Waals surface area contributed by atoms with E-state index in [4.69, 9.17) is 0 Å². The van der Waals surface area contributed by atoms with E-state index in [-0.39, 0.29) is 23.6 Å². The van der Waals surface area contributed by atoms with Gasteiger partial charge in [0.05, 0.1) is 11.4 Å². The van der Waals surface area contributed by atoms with Crippen molar-refractivity contribution in [3.8, 4) is 0 Å². The molecule has 6 heteroatoms. The molecule has 2 amide bonds. The van der Waals surface area contributed by atoms with E-state index in [1.54, 1.807) is 11.0 Å². The van der Waals surface area contributed by atoms with Gasteiger partial charge < -0.3 is 5.32 Å². The van der Waals surface area contributed by atoms with Crippen LogP contribution >= 0.6 is 11.8 Å². The zero-order valence-electron chi connectivity index (χ0n) is 19.4. The summed E-state index contributed by atoms with van der Waals surface area (Å²) in [7, 11) is 0. The van der Waals surface area contributed by atoms with Crippen molar-refractivity contribution in [1.29, 1.82) is 0 Å². The number of benzene rings is 2. The minimum atomic E-state index is -0.188. The third-order valence-corrected chi connectivity index (χ3v) is 6.32. The molecule has 1 N–H and O–H groups in total. The number of aryl methyl sites for hydroxylation is 1. The maximum atomic E-state index is 13.3. The Bertz CT molecular complexity index is 1020. The van der Waals surface area contributed by atoms with E-state index in [1.807, 2.05) is 57.2 Å². The molecule has 2 aromatic rings. The largest absolute Gasteiger partial charge is 0.353 e. The highest BCUT2D eigenvalue weighted by atomic mass is 32.2. The zero-order chi connectivity index (χ0) is 23.3. The summed E-state index contributed by atoms with van der Waals surface area (Å²) in [6.07, 6.45) is 2.67. The summed E-state index contributed by atoms with van der Waals surface area (Å²) in [5.74, 6) is 0.399. The van der Waals surface area contributed by atoms with Gasteiger partial charge in [-0.1, -0.05) is 74.5 Å². The lowest BCUT2D eigenvalue weighted by Gasteiger charge is -2.18. The summed E-state index contributed by atoms with van der Waals surface area (Å²) in [5, 5.41) is 3.48. The smallest absolute Gasteiger partial charge is 0.283 e. The first-order valence-corrected chi connectivity index (χ1v) is 12.0. The fraction of sp³-hybridized carbons (Fsp3) is 0.346. The molecular formula is C26H31N3O2S. The number of hydrogen-bond acceptors (Lipinski definition) is 4. The lowest BCUT2D eigenvalue weighted by atomic mass is 10.0. The zero-order valence-corrected chi connectivity index (χ0v) is 20.2. The Morgan fingerprint density at radius 1 is 1.09 bits per heavy atom. The van der Waals surface area contributed by atoms with Gasteiger partial charge in [-0.3, -0.25) is 14.5 Å². The topological polar surface area (TPSA) is 61.8 Å². The van der Waals surface area contributed by atoms with Gasteiger partial charge in [0.2, 0.25) is 5.91 Å². The Morgan fingerprint density at radius 3 is 2.34 bits per heavy atom. The number of amides is 2. The van der Waals surface area contributed by atoms with Crippen molar-refractivity contribution in [3.63, 3.8) is 0 Å². The molecule has 0 bridgehead atoms. The predicted octanol–water partition coefficient (Wildman–Crippen LogP) is 5.51. The van der Waals surface area contributed by atoms with Crippen LogP contribution in [0.1, 0.15) is 56.7 Å². The lowest BCUT2D eigenvalue weighted by Crippen LogP contribution is -2.35. The van der Waals surface area contributed by atoms with Crippen molar-refractivity contribution < 1.29 is 9.59 Å². The highest BCUT2D eigenvalue weighted by molar-refractivity contribution is 8.14. The highest BCUT2D eigenvalue weighted by Gasteiger charge is 2.32. The van der Waals surface area contributed by atoms with Crippen LogP contribution in [-0.4, -0.2) is 28.8 Å². The second-order valence-corrected chi connectivity index (χ2v) is 9.33. The van der Waals surface area contributed by atoms with E-state index in [9.17, 15) is 9.59 Å². The fourth-order valence-electron chi connectivity index (χ4n) is 3.20. The average molecular weight is 450 g/mol. The molecule has 0 saturated heterocycles. The Balaban J connectivity index is 1.87. The van der Waals surface area contributed by atoms with Crippen molar-refractivity contribution in [2.45, 2.75) is 53.0 Å². The van der Waals surface area contributed by atoms with Gasteiger partial charge in [-0.2, -0.15) is 0 Å². The molecule has 1 aliphatic heterocycles. The Kier molecular flexibility index (Phi) is 7.91. The Hall–Kier alpha value is -2.86. The van der Waals surface area contributed by atoms with Gasteiger partial charge in [0, 0.05) is 6.04 Å². The SMILES string of the molecule is CCC(C)NC(=O)CSC1=NC(=Cc2ccc(C(C)C)cc2)C(=O)N1c1ccc(C)cc1. The summed E-state index contributed by atoms with van der Waals surface area (Å²) in [5.41, 5.74) is 4.39. The molecule has 1 atom stereocenters. The molecule has 0 aromatic heterocycles. The number of nitrogens with one attached hydrogen (secondary N) is 1. The highest BCUT2D eigenvalue weighted by Crippen LogP contribution is 2.30. The molecular weight excluding hydrogens is 418 g/mol. The third kappa shape index (κ3) is 5.88. The van der Waals surface area contributed by atoms with Gasteiger partial charge in [0.25, 0.3) is 5.91 Å². The van der Waals surface area contributed by atoms with Gasteiger partial charge in [-0.05, 0) is 55.5 Å². The number of anilines is 1. The number of hydrogen-bond donors (Lipinski definition) is 1. The van der Waals surface area contributed by atoms with Crippen LogP contribution in [0.5, 0.6) is 0 Å². The second kappa shape index (κ2) is 10.6. The van der Waals surface area contributed by atoms with Gasteiger partial charge in [-0.15, -0.1) is 0 Å². The first kappa shape index (κ1) is 23.8. The van der Waals surface area contributed by atoms with Crippen LogP contribution in [-0.2, 0) is 9.59 Å². The van der Waals surface area contributed by atoms with Crippen LogP contribution in [0.15, 0.2) is 59.2 Å². The van der Waals surface area contributed by atoms with Crippen molar-refractivity contribution >= 4 is 40.5 Å². The first-order valence-electron chi connectivity index (χ1n) is 11.0. The number of carbonyl (C=O) groups excluding carboxylic acids is 2. The summed E-state index contributed by atoms with van der Waals surface area (Å²) in [6.45, 7) is 10.3. The number of amidine groups is 1. The van der Waals surface area contributed by atoms with Crippen LogP contribution in [0.2, 0.25) is 0 Å². The first-order chi connectivity index (χ1) is 15.3. The Labute approximate surface area is 195 Å². The second-order valence-electron chi connectivity index (χ2n) is 8.39. The van der Waals surface area contributed by atoms with Crippen LogP contribution < -0.4 is 10.2 Å². The summed E-state index contributed by atoms with van der Waals surface area (Å²) < 4.78 is 0. The van der Waals surface area contributed by atoms with Crippen molar-refractivity contribution in [3.05, 3.63) is 70.9 Å².